The molecule has 2 heterocycles. The molecule has 3 N–H and O–H groups in total. The number of nitrogens with zero attached hydrogens (tertiary/aromatic N) is 2. The second-order valence-corrected chi connectivity index (χ2v) is 9.61. The number of carbonyl (C=O) groups excluding carboxylic acids is 2. The highest BCUT2D eigenvalue weighted by Crippen LogP contribution is 2.33. The van der Waals surface area contributed by atoms with E-state index >= 15 is 0 Å². The molecule has 3 rings (SSSR count). The zero-order valence-electron chi connectivity index (χ0n) is 17.7. The number of ether oxygens (including phenoxy) is 1. The van der Waals surface area contributed by atoms with Crippen molar-refractivity contribution in [3.05, 3.63) is 33.9 Å². The third-order valence-electron chi connectivity index (χ3n) is 5.34. The number of nitrogens with one attached hydrogen (secondary N) is 1. The molecule has 0 radical (unpaired) electrons. The fourth-order valence-electron chi connectivity index (χ4n) is 3.81. The lowest BCUT2D eigenvalue weighted by atomic mass is 9.89. The molecule has 164 valence electrons. The number of aromatic nitrogens is 1. The summed E-state index contributed by atoms with van der Waals surface area (Å²) in [5.41, 5.74) is 5.99. The summed E-state index contributed by atoms with van der Waals surface area (Å²) in [5.74, 6) is -0.280. The minimum absolute atomic E-state index is 0.203. The third-order valence-corrected chi connectivity index (χ3v) is 6.16. The number of amides is 2. The standard InChI is InChI=1S/C21H28Cl2N4O3/c1-20(2,3)30-19(29)27-9-5-8-21(11-24,12-27)25-18(28)16-10-13-15(26(16)4)7-6-14(22)17(13)23/h6-7,10H,5,8-9,11-12,24H2,1-4H3,(H,25,28). The Morgan fingerprint density at radius 3 is 2.63 bits per heavy atom. The lowest BCUT2D eigenvalue weighted by Crippen LogP contribution is -2.63. The maximum absolute atomic E-state index is 13.2. The van der Waals surface area contributed by atoms with Gasteiger partial charge in [0, 0.05) is 37.6 Å². The number of fused-ring (bicyclic) bond motifs is 1. The topological polar surface area (TPSA) is 89.6 Å². The van der Waals surface area contributed by atoms with Crippen LogP contribution in [0.2, 0.25) is 10.0 Å². The molecule has 1 aliphatic heterocycles. The van der Waals surface area contributed by atoms with Crippen molar-refractivity contribution in [3.63, 3.8) is 0 Å². The first kappa shape index (κ1) is 22.7. The van der Waals surface area contributed by atoms with Crippen molar-refractivity contribution < 1.29 is 14.3 Å². The van der Waals surface area contributed by atoms with Crippen molar-refractivity contribution in [2.24, 2.45) is 12.8 Å². The van der Waals surface area contributed by atoms with Crippen molar-refractivity contribution >= 4 is 46.1 Å². The summed E-state index contributed by atoms with van der Waals surface area (Å²) in [7, 11) is 1.80. The summed E-state index contributed by atoms with van der Waals surface area (Å²) >= 11 is 12.4. The summed E-state index contributed by atoms with van der Waals surface area (Å²) in [4.78, 5) is 27.3. The van der Waals surface area contributed by atoms with Gasteiger partial charge >= 0.3 is 6.09 Å². The SMILES string of the molecule is Cn1c(C(=O)NC2(CN)CCCN(C(=O)OC(C)(C)C)C2)cc2c(Cl)c(Cl)ccc21. The average molecular weight is 455 g/mol. The van der Waals surface area contributed by atoms with Crippen molar-refractivity contribution in [2.45, 2.75) is 44.8 Å². The Balaban J connectivity index is 1.84. The number of benzene rings is 1. The Morgan fingerprint density at radius 2 is 2.00 bits per heavy atom. The van der Waals surface area contributed by atoms with Crippen LogP contribution < -0.4 is 11.1 Å². The molecule has 1 aliphatic rings. The van der Waals surface area contributed by atoms with E-state index in [1.807, 2.05) is 26.8 Å². The van der Waals surface area contributed by atoms with E-state index in [0.717, 1.165) is 5.52 Å². The summed E-state index contributed by atoms with van der Waals surface area (Å²) in [6.07, 6.45) is 0.985. The Kier molecular flexibility index (Phi) is 6.28. The van der Waals surface area contributed by atoms with Gasteiger partial charge in [0.1, 0.15) is 11.3 Å². The predicted molar refractivity (Wildman–Crippen MR) is 119 cm³/mol. The largest absolute Gasteiger partial charge is 0.444 e. The number of halogens is 2. The molecule has 1 atom stereocenters. The highest BCUT2D eigenvalue weighted by atomic mass is 35.5. The van der Waals surface area contributed by atoms with Gasteiger partial charge in [0.2, 0.25) is 0 Å². The minimum Gasteiger partial charge on any atom is -0.444 e. The van der Waals surface area contributed by atoms with Crippen LogP contribution in [-0.4, -0.2) is 52.2 Å². The van der Waals surface area contributed by atoms with Crippen LogP contribution in [0.1, 0.15) is 44.1 Å². The monoisotopic (exact) mass is 454 g/mol. The fraction of sp³-hybridized carbons (Fsp3) is 0.524. The van der Waals surface area contributed by atoms with E-state index in [4.69, 9.17) is 33.7 Å². The molecule has 2 aromatic rings. The summed E-state index contributed by atoms with van der Waals surface area (Å²) < 4.78 is 7.26. The van der Waals surface area contributed by atoms with E-state index in [9.17, 15) is 9.59 Å². The number of hydrogen-bond acceptors (Lipinski definition) is 4. The zero-order chi connectivity index (χ0) is 22.3. The maximum atomic E-state index is 13.2. The number of piperidine rings is 1. The van der Waals surface area contributed by atoms with Crippen molar-refractivity contribution in [1.29, 1.82) is 0 Å². The van der Waals surface area contributed by atoms with Crippen molar-refractivity contribution in [3.8, 4) is 0 Å². The molecule has 0 saturated carbocycles. The van der Waals surface area contributed by atoms with Crippen LogP contribution in [0, 0.1) is 0 Å². The summed E-state index contributed by atoms with van der Waals surface area (Å²) in [5, 5.41) is 4.62. The number of carbonyl (C=O) groups is 2. The first-order chi connectivity index (χ1) is 14.0. The number of nitrogens with two attached hydrogens (primary N) is 1. The van der Waals surface area contributed by atoms with E-state index in [2.05, 4.69) is 5.32 Å². The van der Waals surface area contributed by atoms with Gasteiger partial charge < -0.3 is 25.3 Å². The predicted octanol–water partition coefficient (Wildman–Crippen LogP) is 3.94. The first-order valence-electron chi connectivity index (χ1n) is 9.90. The van der Waals surface area contributed by atoms with E-state index in [-0.39, 0.29) is 12.5 Å². The summed E-state index contributed by atoms with van der Waals surface area (Å²) in [6, 6.07) is 5.25. The smallest absolute Gasteiger partial charge is 0.410 e. The number of rotatable bonds is 3. The molecular formula is C21H28Cl2N4O3. The van der Waals surface area contributed by atoms with Crippen molar-refractivity contribution in [1.82, 2.24) is 14.8 Å². The highest BCUT2D eigenvalue weighted by molar-refractivity contribution is 6.45. The van der Waals surface area contributed by atoms with Crippen molar-refractivity contribution in [2.75, 3.05) is 19.6 Å². The van der Waals surface area contributed by atoms with Gasteiger partial charge in [-0.3, -0.25) is 4.79 Å². The van der Waals surface area contributed by atoms with Gasteiger partial charge in [-0.25, -0.2) is 4.79 Å². The number of likely N-dealkylation sites (tertiary alicyclic amines) is 1. The van der Waals surface area contributed by atoms with Gasteiger partial charge in [-0.05, 0) is 51.8 Å². The van der Waals surface area contributed by atoms with E-state index in [1.54, 1.807) is 28.6 Å². The van der Waals surface area contributed by atoms with E-state index in [0.29, 0.717) is 47.1 Å². The second-order valence-electron chi connectivity index (χ2n) is 8.83. The summed E-state index contributed by atoms with van der Waals surface area (Å²) in [6.45, 7) is 6.53. The Bertz CT molecular complexity index is 983. The zero-order valence-corrected chi connectivity index (χ0v) is 19.2. The van der Waals surface area contributed by atoms with Gasteiger partial charge in [0.25, 0.3) is 5.91 Å². The van der Waals surface area contributed by atoms with Gasteiger partial charge in [-0.1, -0.05) is 23.2 Å². The second kappa shape index (κ2) is 8.29. The molecule has 7 nitrogen and oxygen atoms in total. The van der Waals surface area contributed by atoms with E-state index < -0.39 is 17.2 Å². The average Bonchev–Trinajstić information content (AvgIpc) is 3.01. The Morgan fingerprint density at radius 1 is 1.30 bits per heavy atom. The number of hydrogen-bond donors (Lipinski definition) is 2. The molecule has 0 aliphatic carbocycles. The van der Waals surface area contributed by atoms with Gasteiger partial charge in [0.05, 0.1) is 15.6 Å². The molecule has 1 fully saturated rings. The van der Waals surface area contributed by atoms with Crippen LogP contribution in [0.4, 0.5) is 4.79 Å². The van der Waals surface area contributed by atoms with Crippen LogP contribution >= 0.6 is 23.2 Å². The maximum Gasteiger partial charge on any atom is 0.410 e. The van der Waals surface area contributed by atoms with Gasteiger partial charge in [0.15, 0.2) is 0 Å². The molecule has 1 aromatic carbocycles. The van der Waals surface area contributed by atoms with Gasteiger partial charge in [-0.2, -0.15) is 0 Å². The van der Waals surface area contributed by atoms with Crippen LogP contribution in [0.3, 0.4) is 0 Å². The Hall–Kier alpha value is -1.96. The molecule has 0 spiro atoms. The normalized spacial score (nSPS) is 19.8. The molecular weight excluding hydrogens is 427 g/mol. The first-order valence-corrected chi connectivity index (χ1v) is 10.7. The van der Waals surface area contributed by atoms with Crippen LogP contribution in [0.5, 0.6) is 0 Å². The molecule has 9 heteroatoms. The van der Waals surface area contributed by atoms with Gasteiger partial charge in [-0.15, -0.1) is 0 Å². The lowest BCUT2D eigenvalue weighted by molar-refractivity contribution is 0.0114. The molecule has 0 bridgehead atoms. The molecule has 1 unspecified atom stereocenters. The lowest BCUT2D eigenvalue weighted by Gasteiger charge is -2.42. The van der Waals surface area contributed by atoms with Crippen LogP contribution in [0.25, 0.3) is 10.9 Å². The van der Waals surface area contributed by atoms with Crippen LogP contribution in [0.15, 0.2) is 18.2 Å². The number of aryl methyl sites for hydroxylation is 1. The minimum atomic E-state index is -0.732. The molecule has 1 aromatic heterocycles. The molecule has 1 saturated heterocycles. The molecule has 2 amide bonds. The fourth-order valence-corrected chi connectivity index (χ4v) is 4.18. The highest BCUT2D eigenvalue weighted by Gasteiger charge is 2.39. The molecule has 30 heavy (non-hydrogen) atoms. The quantitative estimate of drug-likeness (QED) is 0.734. The third kappa shape index (κ3) is 4.53. The Labute approximate surface area is 186 Å². The van der Waals surface area contributed by atoms with Crippen LogP contribution in [-0.2, 0) is 11.8 Å². The van der Waals surface area contributed by atoms with E-state index in [1.165, 1.54) is 0 Å².